The first-order valence-corrected chi connectivity index (χ1v) is 6.43. The molecule has 0 saturated heterocycles. The third-order valence-electron chi connectivity index (χ3n) is 3.84. The van der Waals surface area contributed by atoms with Gasteiger partial charge < -0.3 is 9.84 Å². The molecule has 0 bridgehead atoms. The number of ether oxygens (including phenoxy) is 1. The van der Waals surface area contributed by atoms with Crippen molar-refractivity contribution < 1.29 is 9.84 Å². The van der Waals surface area contributed by atoms with Crippen molar-refractivity contribution in [2.45, 2.75) is 39.2 Å². The zero-order chi connectivity index (χ0) is 12.4. The van der Waals surface area contributed by atoms with Crippen molar-refractivity contribution >= 4 is 0 Å². The SMILES string of the molecule is COc1ccc(C)cc1CC(O)C(C)C1CC1. The van der Waals surface area contributed by atoms with Gasteiger partial charge in [0, 0.05) is 6.42 Å². The van der Waals surface area contributed by atoms with Crippen LogP contribution in [0, 0.1) is 18.8 Å². The second-order valence-electron chi connectivity index (χ2n) is 5.28. The first-order chi connectivity index (χ1) is 8.11. The lowest BCUT2D eigenvalue weighted by molar-refractivity contribution is 0.105. The van der Waals surface area contributed by atoms with Crippen LogP contribution in [-0.4, -0.2) is 18.3 Å². The quantitative estimate of drug-likeness (QED) is 0.848. The third kappa shape index (κ3) is 3.01. The summed E-state index contributed by atoms with van der Waals surface area (Å²) in [4.78, 5) is 0. The maximum Gasteiger partial charge on any atom is 0.122 e. The summed E-state index contributed by atoms with van der Waals surface area (Å²) in [6.45, 7) is 4.23. The predicted molar refractivity (Wildman–Crippen MR) is 69.3 cm³/mol. The van der Waals surface area contributed by atoms with Crippen LogP contribution in [0.25, 0.3) is 0 Å². The average Bonchev–Trinajstić information content (AvgIpc) is 3.12. The highest BCUT2D eigenvalue weighted by Gasteiger charge is 2.32. The van der Waals surface area contributed by atoms with Crippen LogP contribution in [0.2, 0.25) is 0 Å². The largest absolute Gasteiger partial charge is 0.496 e. The number of benzene rings is 1. The van der Waals surface area contributed by atoms with Gasteiger partial charge in [0.1, 0.15) is 5.75 Å². The highest BCUT2D eigenvalue weighted by molar-refractivity contribution is 5.37. The number of hydrogen-bond acceptors (Lipinski definition) is 2. The first kappa shape index (κ1) is 12.4. The fraction of sp³-hybridized carbons (Fsp3) is 0.600. The van der Waals surface area contributed by atoms with E-state index >= 15 is 0 Å². The molecule has 1 aromatic carbocycles. The maximum absolute atomic E-state index is 10.2. The summed E-state index contributed by atoms with van der Waals surface area (Å²) < 4.78 is 5.35. The summed E-state index contributed by atoms with van der Waals surface area (Å²) >= 11 is 0. The van der Waals surface area contributed by atoms with E-state index in [1.807, 2.05) is 12.1 Å². The lowest BCUT2D eigenvalue weighted by atomic mass is 9.93. The van der Waals surface area contributed by atoms with Gasteiger partial charge in [-0.05, 0) is 43.2 Å². The molecule has 0 heterocycles. The fourth-order valence-electron chi connectivity index (χ4n) is 2.41. The van der Waals surface area contributed by atoms with Crippen LogP contribution in [0.1, 0.15) is 30.9 Å². The van der Waals surface area contributed by atoms with Crippen molar-refractivity contribution in [2.24, 2.45) is 11.8 Å². The smallest absolute Gasteiger partial charge is 0.122 e. The molecule has 0 amide bonds. The molecular formula is C15H22O2. The monoisotopic (exact) mass is 234 g/mol. The molecule has 1 aliphatic carbocycles. The molecule has 1 aromatic rings. The van der Waals surface area contributed by atoms with E-state index in [9.17, 15) is 5.11 Å². The molecule has 1 aliphatic rings. The number of hydrogen-bond donors (Lipinski definition) is 1. The van der Waals surface area contributed by atoms with E-state index in [1.165, 1.54) is 18.4 Å². The summed E-state index contributed by atoms with van der Waals surface area (Å²) in [5.74, 6) is 2.03. The Kier molecular flexibility index (Phi) is 3.72. The van der Waals surface area contributed by atoms with Crippen LogP contribution in [-0.2, 0) is 6.42 Å². The minimum absolute atomic E-state index is 0.252. The Morgan fingerprint density at radius 2 is 2.12 bits per heavy atom. The van der Waals surface area contributed by atoms with Crippen LogP contribution in [0.15, 0.2) is 18.2 Å². The van der Waals surface area contributed by atoms with Crippen LogP contribution in [0.3, 0.4) is 0 Å². The molecule has 1 saturated carbocycles. The molecule has 17 heavy (non-hydrogen) atoms. The Morgan fingerprint density at radius 1 is 1.41 bits per heavy atom. The Morgan fingerprint density at radius 3 is 2.71 bits per heavy atom. The molecule has 2 nitrogen and oxygen atoms in total. The number of aliphatic hydroxyl groups is 1. The second-order valence-corrected chi connectivity index (χ2v) is 5.28. The standard InChI is InChI=1S/C15H22O2/c1-10-4-7-15(17-3)13(8-10)9-14(16)11(2)12-5-6-12/h4,7-8,11-12,14,16H,5-6,9H2,1-3H3. The summed E-state index contributed by atoms with van der Waals surface area (Å²) in [5, 5.41) is 10.2. The van der Waals surface area contributed by atoms with E-state index < -0.39 is 0 Å². The summed E-state index contributed by atoms with van der Waals surface area (Å²) in [5.41, 5.74) is 2.33. The number of aryl methyl sites for hydroxylation is 1. The van der Waals surface area contributed by atoms with Crippen molar-refractivity contribution in [3.8, 4) is 5.75 Å². The zero-order valence-electron chi connectivity index (χ0n) is 10.9. The highest BCUT2D eigenvalue weighted by Crippen LogP contribution is 2.39. The second kappa shape index (κ2) is 5.09. The highest BCUT2D eigenvalue weighted by atomic mass is 16.5. The molecule has 2 unspecified atom stereocenters. The summed E-state index contributed by atoms with van der Waals surface area (Å²) in [7, 11) is 1.69. The van der Waals surface area contributed by atoms with Crippen LogP contribution < -0.4 is 4.74 Å². The van der Waals surface area contributed by atoms with Gasteiger partial charge in [0.05, 0.1) is 13.2 Å². The molecule has 0 aromatic heterocycles. The molecule has 0 aliphatic heterocycles. The predicted octanol–water partition coefficient (Wildman–Crippen LogP) is 2.95. The van der Waals surface area contributed by atoms with E-state index in [0.717, 1.165) is 17.2 Å². The molecular weight excluding hydrogens is 212 g/mol. The topological polar surface area (TPSA) is 29.5 Å². The lowest BCUT2D eigenvalue weighted by Gasteiger charge is -2.19. The van der Waals surface area contributed by atoms with Crippen LogP contribution in [0.5, 0.6) is 5.75 Å². The van der Waals surface area contributed by atoms with Crippen LogP contribution >= 0.6 is 0 Å². The molecule has 1 fully saturated rings. The van der Waals surface area contributed by atoms with Gasteiger partial charge in [-0.15, -0.1) is 0 Å². The van der Waals surface area contributed by atoms with Crippen molar-refractivity contribution in [2.75, 3.05) is 7.11 Å². The van der Waals surface area contributed by atoms with Gasteiger partial charge in [0.15, 0.2) is 0 Å². The number of aliphatic hydroxyl groups excluding tert-OH is 1. The van der Waals surface area contributed by atoms with Crippen molar-refractivity contribution in [3.63, 3.8) is 0 Å². The van der Waals surface area contributed by atoms with Gasteiger partial charge in [0.25, 0.3) is 0 Å². The average molecular weight is 234 g/mol. The van der Waals surface area contributed by atoms with E-state index in [-0.39, 0.29) is 6.10 Å². The molecule has 2 heteroatoms. The normalized spacial score (nSPS) is 18.8. The van der Waals surface area contributed by atoms with Crippen LogP contribution in [0.4, 0.5) is 0 Å². The molecule has 0 spiro atoms. The maximum atomic E-state index is 10.2. The minimum atomic E-state index is -0.252. The lowest BCUT2D eigenvalue weighted by Crippen LogP contribution is -2.22. The Bertz CT molecular complexity index is 383. The van der Waals surface area contributed by atoms with Gasteiger partial charge in [-0.3, -0.25) is 0 Å². The fourth-order valence-corrected chi connectivity index (χ4v) is 2.41. The van der Waals surface area contributed by atoms with E-state index in [2.05, 4.69) is 19.9 Å². The van der Waals surface area contributed by atoms with Crippen molar-refractivity contribution in [1.29, 1.82) is 0 Å². The van der Waals surface area contributed by atoms with Gasteiger partial charge in [-0.1, -0.05) is 24.6 Å². The molecule has 1 N–H and O–H groups in total. The Hall–Kier alpha value is -1.02. The molecule has 2 rings (SSSR count). The van der Waals surface area contributed by atoms with E-state index in [1.54, 1.807) is 7.11 Å². The molecule has 2 atom stereocenters. The van der Waals surface area contributed by atoms with Crippen molar-refractivity contribution in [3.05, 3.63) is 29.3 Å². The molecule has 94 valence electrons. The number of rotatable bonds is 5. The Balaban J connectivity index is 2.08. The van der Waals surface area contributed by atoms with Gasteiger partial charge in [-0.2, -0.15) is 0 Å². The summed E-state index contributed by atoms with van der Waals surface area (Å²) in [6.07, 6.45) is 3.01. The zero-order valence-corrected chi connectivity index (χ0v) is 10.9. The van der Waals surface area contributed by atoms with Gasteiger partial charge >= 0.3 is 0 Å². The van der Waals surface area contributed by atoms with Gasteiger partial charge in [0.2, 0.25) is 0 Å². The first-order valence-electron chi connectivity index (χ1n) is 6.43. The molecule has 0 radical (unpaired) electrons. The minimum Gasteiger partial charge on any atom is -0.496 e. The summed E-state index contributed by atoms with van der Waals surface area (Å²) in [6, 6.07) is 6.14. The number of methoxy groups -OCH3 is 1. The van der Waals surface area contributed by atoms with E-state index in [4.69, 9.17) is 4.74 Å². The Labute approximate surface area is 104 Å². The van der Waals surface area contributed by atoms with Gasteiger partial charge in [-0.25, -0.2) is 0 Å². The van der Waals surface area contributed by atoms with Crippen molar-refractivity contribution in [1.82, 2.24) is 0 Å². The third-order valence-corrected chi connectivity index (χ3v) is 3.84. The van der Waals surface area contributed by atoms with E-state index in [0.29, 0.717) is 12.3 Å².